The molecular weight excluding hydrogens is 298 g/mol. The van der Waals surface area contributed by atoms with E-state index < -0.39 is 0 Å². The van der Waals surface area contributed by atoms with Crippen LogP contribution in [-0.4, -0.2) is 15.5 Å². The summed E-state index contributed by atoms with van der Waals surface area (Å²) in [5.74, 6) is -0.121. The molecule has 1 amide bonds. The second kappa shape index (κ2) is 5.49. The molecule has 0 aliphatic rings. The standard InChI is InChI=1S/C20H17N3O/c1-13-15-9-3-4-11-17(15)23(2)19(13)20(24)22-16-10-5-7-14-8-6-12-21-18(14)16/h3-12H,1-2H3,(H,22,24). The van der Waals surface area contributed by atoms with Crippen LogP contribution < -0.4 is 5.32 Å². The number of aromatic nitrogens is 2. The van der Waals surface area contributed by atoms with Gasteiger partial charge in [-0.2, -0.15) is 0 Å². The number of aryl methyl sites for hydroxylation is 2. The Kier molecular flexibility index (Phi) is 3.31. The van der Waals surface area contributed by atoms with E-state index in [4.69, 9.17) is 0 Å². The number of nitrogens with zero attached hydrogens (tertiary/aromatic N) is 2. The molecule has 0 aliphatic heterocycles. The quantitative estimate of drug-likeness (QED) is 0.600. The maximum Gasteiger partial charge on any atom is 0.272 e. The van der Waals surface area contributed by atoms with E-state index >= 15 is 0 Å². The summed E-state index contributed by atoms with van der Waals surface area (Å²) in [5.41, 5.74) is 4.23. The summed E-state index contributed by atoms with van der Waals surface area (Å²) in [4.78, 5) is 17.3. The molecule has 4 aromatic rings. The van der Waals surface area contributed by atoms with Crippen molar-refractivity contribution in [3.05, 3.63) is 72.1 Å². The topological polar surface area (TPSA) is 46.9 Å². The first kappa shape index (κ1) is 14.5. The van der Waals surface area contributed by atoms with Crippen LogP contribution in [0.5, 0.6) is 0 Å². The van der Waals surface area contributed by atoms with Crippen LogP contribution in [0, 0.1) is 6.92 Å². The minimum atomic E-state index is -0.121. The van der Waals surface area contributed by atoms with Crippen LogP contribution in [0.25, 0.3) is 21.8 Å². The molecule has 0 bridgehead atoms. The van der Waals surface area contributed by atoms with Gasteiger partial charge in [0.25, 0.3) is 5.91 Å². The van der Waals surface area contributed by atoms with E-state index in [1.807, 2.05) is 73.1 Å². The molecule has 0 fully saturated rings. The maximum absolute atomic E-state index is 12.9. The Hall–Kier alpha value is -3.14. The molecule has 0 saturated carbocycles. The van der Waals surface area contributed by atoms with Crippen LogP contribution in [0.3, 0.4) is 0 Å². The van der Waals surface area contributed by atoms with Crippen molar-refractivity contribution in [3.63, 3.8) is 0 Å². The molecule has 2 aromatic carbocycles. The van der Waals surface area contributed by atoms with Crippen molar-refractivity contribution in [3.8, 4) is 0 Å². The molecule has 4 heteroatoms. The third kappa shape index (κ3) is 2.15. The highest BCUT2D eigenvalue weighted by atomic mass is 16.2. The fourth-order valence-electron chi connectivity index (χ4n) is 3.29. The summed E-state index contributed by atoms with van der Waals surface area (Å²) in [7, 11) is 1.92. The van der Waals surface area contributed by atoms with Gasteiger partial charge in [-0.15, -0.1) is 0 Å². The van der Waals surface area contributed by atoms with E-state index in [0.717, 1.165) is 33.1 Å². The molecule has 118 valence electrons. The van der Waals surface area contributed by atoms with Crippen molar-refractivity contribution in [1.82, 2.24) is 9.55 Å². The molecular formula is C20H17N3O. The third-order valence-corrected chi connectivity index (χ3v) is 4.46. The number of nitrogens with one attached hydrogen (secondary N) is 1. The summed E-state index contributed by atoms with van der Waals surface area (Å²) in [6.45, 7) is 1.98. The Morgan fingerprint density at radius 2 is 1.83 bits per heavy atom. The highest BCUT2D eigenvalue weighted by molar-refractivity contribution is 6.11. The van der Waals surface area contributed by atoms with E-state index in [0.29, 0.717) is 5.69 Å². The van der Waals surface area contributed by atoms with Crippen LogP contribution >= 0.6 is 0 Å². The van der Waals surface area contributed by atoms with Crippen molar-refractivity contribution in [1.29, 1.82) is 0 Å². The van der Waals surface area contributed by atoms with Gasteiger partial charge in [0.15, 0.2) is 0 Å². The lowest BCUT2D eigenvalue weighted by Gasteiger charge is -2.09. The minimum Gasteiger partial charge on any atom is -0.339 e. The Balaban J connectivity index is 1.80. The highest BCUT2D eigenvalue weighted by Gasteiger charge is 2.18. The predicted octanol–water partition coefficient (Wildman–Crippen LogP) is 4.29. The van der Waals surface area contributed by atoms with Gasteiger partial charge in [0.2, 0.25) is 0 Å². The van der Waals surface area contributed by atoms with Gasteiger partial charge in [-0.25, -0.2) is 0 Å². The Morgan fingerprint density at radius 3 is 2.67 bits per heavy atom. The molecule has 24 heavy (non-hydrogen) atoms. The molecule has 4 rings (SSSR count). The van der Waals surface area contributed by atoms with Crippen molar-refractivity contribution in [2.45, 2.75) is 6.92 Å². The number of amides is 1. The maximum atomic E-state index is 12.9. The fraction of sp³-hybridized carbons (Fsp3) is 0.100. The number of para-hydroxylation sites is 2. The Morgan fingerprint density at radius 1 is 1.04 bits per heavy atom. The van der Waals surface area contributed by atoms with E-state index in [-0.39, 0.29) is 5.91 Å². The zero-order valence-electron chi connectivity index (χ0n) is 13.6. The largest absolute Gasteiger partial charge is 0.339 e. The van der Waals surface area contributed by atoms with Crippen molar-refractivity contribution < 1.29 is 4.79 Å². The first-order chi connectivity index (χ1) is 11.7. The predicted molar refractivity (Wildman–Crippen MR) is 97.4 cm³/mol. The summed E-state index contributed by atoms with van der Waals surface area (Å²) in [6.07, 6.45) is 1.74. The van der Waals surface area contributed by atoms with Gasteiger partial charge in [-0.1, -0.05) is 36.4 Å². The van der Waals surface area contributed by atoms with Crippen LogP contribution in [0.2, 0.25) is 0 Å². The smallest absolute Gasteiger partial charge is 0.272 e. The molecule has 0 spiro atoms. The minimum absolute atomic E-state index is 0.121. The van der Waals surface area contributed by atoms with Gasteiger partial charge in [0, 0.05) is 29.5 Å². The van der Waals surface area contributed by atoms with Gasteiger partial charge < -0.3 is 9.88 Å². The average Bonchev–Trinajstić information content (AvgIpc) is 2.87. The summed E-state index contributed by atoms with van der Waals surface area (Å²) in [6, 6.07) is 17.7. The Bertz CT molecular complexity index is 1030. The lowest BCUT2D eigenvalue weighted by Crippen LogP contribution is -2.17. The molecule has 4 nitrogen and oxygen atoms in total. The molecule has 0 atom stereocenters. The van der Waals surface area contributed by atoms with E-state index in [9.17, 15) is 4.79 Å². The molecule has 1 N–H and O–H groups in total. The van der Waals surface area contributed by atoms with Crippen LogP contribution in [0.15, 0.2) is 60.8 Å². The highest BCUT2D eigenvalue weighted by Crippen LogP contribution is 2.26. The summed E-state index contributed by atoms with van der Waals surface area (Å²) < 4.78 is 1.94. The molecule has 0 unspecified atom stereocenters. The van der Waals surface area contributed by atoms with Crippen LogP contribution in [-0.2, 0) is 7.05 Å². The number of benzene rings is 2. The van der Waals surface area contributed by atoms with Gasteiger partial charge >= 0.3 is 0 Å². The van der Waals surface area contributed by atoms with Crippen LogP contribution in [0.4, 0.5) is 5.69 Å². The van der Waals surface area contributed by atoms with Crippen molar-refractivity contribution in [2.24, 2.45) is 7.05 Å². The molecule has 0 saturated heterocycles. The number of hydrogen-bond acceptors (Lipinski definition) is 2. The van der Waals surface area contributed by atoms with Crippen molar-refractivity contribution >= 4 is 33.4 Å². The summed E-state index contributed by atoms with van der Waals surface area (Å²) in [5, 5.41) is 5.12. The number of hydrogen-bond donors (Lipinski definition) is 1. The third-order valence-electron chi connectivity index (χ3n) is 4.46. The monoisotopic (exact) mass is 315 g/mol. The number of pyridine rings is 1. The van der Waals surface area contributed by atoms with Gasteiger partial charge in [0.05, 0.1) is 11.2 Å². The number of carbonyl (C=O) groups excluding carboxylic acids is 1. The first-order valence-corrected chi connectivity index (χ1v) is 7.86. The zero-order chi connectivity index (χ0) is 16.7. The first-order valence-electron chi connectivity index (χ1n) is 7.86. The summed E-state index contributed by atoms with van der Waals surface area (Å²) >= 11 is 0. The SMILES string of the molecule is Cc1c(C(=O)Nc2cccc3cccnc23)n(C)c2ccccc12. The normalized spacial score (nSPS) is 11.1. The Labute approximate surface area is 139 Å². The molecule has 0 radical (unpaired) electrons. The second-order valence-corrected chi connectivity index (χ2v) is 5.88. The molecule has 2 aromatic heterocycles. The second-order valence-electron chi connectivity index (χ2n) is 5.88. The lowest BCUT2D eigenvalue weighted by atomic mass is 10.1. The van der Waals surface area contributed by atoms with Crippen LogP contribution in [0.1, 0.15) is 16.1 Å². The van der Waals surface area contributed by atoms with E-state index in [2.05, 4.69) is 10.3 Å². The molecule has 0 aliphatic carbocycles. The number of fused-ring (bicyclic) bond motifs is 2. The average molecular weight is 315 g/mol. The fourth-order valence-corrected chi connectivity index (χ4v) is 3.29. The number of anilines is 1. The van der Waals surface area contributed by atoms with Gasteiger partial charge in [0.1, 0.15) is 5.69 Å². The van der Waals surface area contributed by atoms with Gasteiger partial charge in [-0.05, 0) is 30.7 Å². The zero-order valence-corrected chi connectivity index (χ0v) is 13.6. The number of carbonyl (C=O) groups is 1. The molecule has 2 heterocycles. The number of rotatable bonds is 2. The van der Waals surface area contributed by atoms with E-state index in [1.54, 1.807) is 6.20 Å². The van der Waals surface area contributed by atoms with Gasteiger partial charge in [-0.3, -0.25) is 9.78 Å². The van der Waals surface area contributed by atoms with E-state index in [1.165, 1.54) is 0 Å². The lowest BCUT2D eigenvalue weighted by molar-refractivity contribution is 0.101. The van der Waals surface area contributed by atoms with Crippen molar-refractivity contribution in [2.75, 3.05) is 5.32 Å².